The number of nitrogen functional groups attached to an aromatic ring is 1. The maximum Gasteiger partial charge on any atom is 0.405 e. The van der Waals surface area contributed by atoms with Crippen LogP contribution >= 0.6 is 0 Å². The Hall–Kier alpha value is -1.92. The van der Waals surface area contributed by atoms with E-state index in [1.807, 2.05) is 0 Å². The van der Waals surface area contributed by atoms with Crippen molar-refractivity contribution in [2.45, 2.75) is 20.0 Å². The Morgan fingerprint density at radius 3 is 2.50 bits per heavy atom. The number of hydrogen-bond acceptors (Lipinski definition) is 4. The van der Waals surface area contributed by atoms with Crippen LogP contribution in [0.5, 0.6) is 0 Å². The fourth-order valence-electron chi connectivity index (χ4n) is 1.79. The summed E-state index contributed by atoms with van der Waals surface area (Å²) in [4.78, 5) is 12.9. The summed E-state index contributed by atoms with van der Waals surface area (Å²) in [5.41, 5.74) is 6.08. The van der Waals surface area contributed by atoms with E-state index in [4.69, 9.17) is 10.5 Å². The second-order valence-corrected chi connectivity index (χ2v) is 4.13. The highest BCUT2D eigenvalue weighted by Crippen LogP contribution is 2.27. The highest BCUT2D eigenvalue weighted by atomic mass is 19.4. The number of carbonyl (C=O) groups excluding carboxylic acids is 1. The van der Waals surface area contributed by atoms with Crippen molar-refractivity contribution in [3.05, 3.63) is 23.8 Å². The standard InChI is InChI=1S/C13H17F3N2O2/c1-3-18(8-13(14,15)16)11-6-5-9(17)7-10(11)12(19)20-4-2/h5-7H,3-4,8,17H2,1-2H3. The molecule has 4 nitrogen and oxygen atoms in total. The molecule has 0 spiro atoms. The maximum absolute atomic E-state index is 12.6. The predicted molar refractivity (Wildman–Crippen MR) is 70.8 cm³/mol. The smallest absolute Gasteiger partial charge is 0.405 e. The molecular weight excluding hydrogens is 273 g/mol. The number of carbonyl (C=O) groups is 1. The molecule has 2 N–H and O–H groups in total. The van der Waals surface area contributed by atoms with E-state index in [1.54, 1.807) is 13.8 Å². The summed E-state index contributed by atoms with van der Waals surface area (Å²) in [5, 5.41) is 0. The zero-order chi connectivity index (χ0) is 15.3. The Bertz CT molecular complexity index is 475. The molecule has 0 aliphatic rings. The van der Waals surface area contributed by atoms with Gasteiger partial charge in [0, 0.05) is 12.2 Å². The first kappa shape index (κ1) is 16.1. The van der Waals surface area contributed by atoms with E-state index in [0.29, 0.717) is 5.69 Å². The normalized spacial score (nSPS) is 11.2. The molecule has 0 saturated heterocycles. The van der Waals surface area contributed by atoms with Crippen molar-refractivity contribution in [1.29, 1.82) is 0 Å². The average molecular weight is 290 g/mol. The van der Waals surface area contributed by atoms with Gasteiger partial charge in [-0.25, -0.2) is 4.79 Å². The van der Waals surface area contributed by atoms with Gasteiger partial charge in [-0.3, -0.25) is 0 Å². The highest BCUT2D eigenvalue weighted by Gasteiger charge is 2.31. The number of alkyl halides is 3. The minimum atomic E-state index is -4.36. The number of esters is 1. The Balaban J connectivity index is 3.17. The largest absolute Gasteiger partial charge is 0.462 e. The second-order valence-electron chi connectivity index (χ2n) is 4.13. The van der Waals surface area contributed by atoms with Gasteiger partial charge in [0.15, 0.2) is 0 Å². The van der Waals surface area contributed by atoms with Crippen LogP contribution in [0, 0.1) is 0 Å². The molecule has 0 unspecified atom stereocenters. The van der Waals surface area contributed by atoms with Crippen LogP contribution in [0.1, 0.15) is 24.2 Å². The molecule has 112 valence electrons. The molecule has 0 aromatic heterocycles. The topological polar surface area (TPSA) is 55.6 Å². The van der Waals surface area contributed by atoms with E-state index < -0.39 is 18.7 Å². The third-order valence-corrected chi connectivity index (χ3v) is 2.61. The molecule has 0 saturated carbocycles. The molecule has 0 aliphatic carbocycles. The van der Waals surface area contributed by atoms with E-state index in [1.165, 1.54) is 18.2 Å². The lowest BCUT2D eigenvalue weighted by atomic mass is 10.1. The molecule has 0 atom stereocenters. The third kappa shape index (κ3) is 4.32. The number of rotatable bonds is 5. The number of nitrogens with two attached hydrogens (primary N) is 1. The molecule has 1 aromatic carbocycles. The first-order valence-corrected chi connectivity index (χ1v) is 6.16. The highest BCUT2D eigenvalue weighted by molar-refractivity contribution is 5.97. The molecule has 7 heteroatoms. The first-order chi connectivity index (χ1) is 9.28. The lowest BCUT2D eigenvalue weighted by Gasteiger charge is -2.26. The third-order valence-electron chi connectivity index (χ3n) is 2.61. The zero-order valence-corrected chi connectivity index (χ0v) is 11.3. The van der Waals surface area contributed by atoms with Crippen molar-refractivity contribution in [3.63, 3.8) is 0 Å². The zero-order valence-electron chi connectivity index (χ0n) is 11.3. The van der Waals surface area contributed by atoms with Crippen LogP contribution in [0.2, 0.25) is 0 Å². The molecule has 0 heterocycles. The Morgan fingerprint density at radius 1 is 1.35 bits per heavy atom. The lowest BCUT2D eigenvalue weighted by molar-refractivity contribution is -0.119. The van der Waals surface area contributed by atoms with Crippen LogP contribution in [-0.4, -0.2) is 31.8 Å². The summed E-state index contributed by atoms with van der Waals surface area (Å²) in [7, 11) is 0. The van der Waals surface area contributed by atoms with Crippen LogP contribution in [0.25, 0.3) is 0 Å². The summed E-state index contributed by atoms with van der Waals surface area (Å²) in [6.07, 6.45) is -4.36. The number of ether oxygens (including phenoxy) is 1. The molecule has 0 amide bonds. The summed E-state index contributed by atoms with van der Waals surface area (Å²) in [5.74, 6) is -0.685. The van der Waals surface area contributed by atoms with Crippen LogP contribution in [0.15, 0.2) is 18.2 Å². The van der Waals surface area contributed by atoms with Gasteiger partial charge < -0.3 is 15.4 Å². The molecule has 1 rings (SSSR count). The van der Waals surface area contributed by atoms with Crippen LogP contribution in [0.4, 0.5) is 24.5 Å². The van der Waals surface area contributed by atoms with Gasteiger partial charge in [0.1, 0.15) is 6.54 Å². The van der Waals surface area contributed by atoms with Gasteiger partial charge >= 0.3 is 12.1 Å². The summed E-state index contributed by atoms with van der Waals surface area (Å²) in [6.45, 7) is 2.31. The van der Waals surface area contributed by atoms with E-state index in [2.05, 4.69) is 0 Å². The van der Waals surface area contributed by atoms with Gasteiger partial charge in [-0.05, 0) is 32.0 Å². The maximum atomic E-state index is 12.6. The van der Waals surface area contributed by atoms with Gasteiger partial charge in [0.2, 0.25) is 0 Å². The fraction of sp³-hybridized carbons (Fsp3) is 0.462. The number of nitrogens with zero attached hydrogens (tertiary/aromatic N) is 1. The SMILES string of the molecule is CCOC(=O)c1cc(N)ccc1N(CC)CC(F)(F)F. The quantitative estimate of drug-likeness (QED) is 0.669. The molecular formula is C13H17F3N2O2. The molecule has 0 radical (unpaired) electrons. The Labute approximate surface area is 115 Å². The number of anilines is 2. The predicted octanol–water partition coefficient (Wildman–Crippen LogP) is 2.83. The van der Waals surface area contributed by atoms with Gasteiger partial charge in [-0.1, -0.05) is 0 Å². The molecule has 0 bridgehead atoms. The second kappa shape index (κ2) is 6.49. The number of hydrogen-bond donors (Lipinski definition) is 1. The monoisotopic (exact) mass is 290 g/mol. The minimum absolute atomic E-state index is 0.0398. The molecule has 0 aliphatic heterocycles. The Kier molecular flexibility index (Phi) is 5.24. The Morgan fingerprint density at radius 2 is 2.00 bits per heavy atom. The summed E-state index contributed by atoms with van der Waals surface area (Å²) < 4.78 is 42.5. The van der Waals surface area contributed by atoms with Crippen molar-refractivity contribution in [1.82, 2.24) is 0 Å². The summed E-state index contributed by atoms with van der Waals surface area (Å²) in [6, 6.07) is 4.18. The van der Waals surface area contributed by atoms with E-state index in [-0.39, 0.29) is 24.4 Å². The number of halogens is 3. The lowest BCUT2D eigenvalue weighted by Crippen LogP contribution is -2.35. The van der Waals surface area contributed by atoms with E-state index >= 15 is 0 Å². The van der Waals surface area contributed by atoms with Crippen molar-refractivity contribution < 1.29 is 22.7 Å². The van der Waals surface area contributed by atoms with Gasteiger partial charge in [-0.2, -0.15) is 13.2 Å². The van der Waals surface area contributed by atoms with Crippen molar-refractivity contribution in [3.8, 4) is 0 Å². The van der Waals surface area contributed by atoms with E-state index in [9.17, 15) is 18.0 Å². The van der Waals surface area contributed by atoms with Crippen LogP contribution < -0.4 is 10.6 Å². The van der Waals surface area contributed by atoms with Gasteiger partial charge in [0.25, 0.3) is 0 Å². The average Bonchev–Trinajstić information content (AvgIpc) is 2.35. The van der Waals surface area contributed by atoms with Crippen LogP contribution in [-0.2, 0) is 4.74 Å². The minimum Gasteiger partial charge on any atom is -0.462 e. The van der Waals surface area contributed by atoms with Gasteiger partial charge in [-0.15, -0.1) is 0 Å². The summed E-state index contributed by atoms with van der Waals surface area (Å²) >= 11 is 0. The van der Waals surface area contributed by atoms with Gasteiger partial charge in [0.05, 0.1) is 17.9 Å². The first-order valence-electron chi connectivity index (χ1n) is 6.16. The molecule has 20 heavy (non-hydrogen) atoms. The van der Waals surface area contributed by atoms with Crippen molar-refractivity contribution in [2.24, 2.45) is 0 Å². The van der Waals surface area contributed by atoms with Crippen LogP contribution in [0.3, 0.4) is 0 Å². The van der Waals surface area contributed by atoms with E-state index in [0.717, 1.165) is 4.90 Å². The molecule has 0 fully saturated rings. The van der Waals surface area contributed by atoms with Crippen molar-refractivity contribution >= 4 is 17.3 Å². The van der Waals surface area contributed by atoms with Crippen molar-refractivity contribution in [2.75, 3.05) is 30.3 Å². The molecule has 1 aromatic rings. The number of benzene rings is 1. The fourth-order valence-corrected chi connectivity index (χ4v) is 1.79.